The first kappa shape index (κ1) is 32.6. The van der Waals surface area contributed by atoms with E-state index in [9.17, 15) is 0 Å². The van der Waals surface area contributed by atoms with Crippen LogP contribution in [0.5, 0.6) is 0 Å². The molecule has 2 aromatic heterocycles. The summed E-state index contributed by atoms with van der Waals surface area (Å²) < 4.78 is 5.63. The van der Waals surface area contributed by atoms with Crippen LogP contribution in [-0.4, -0.2) is 0 Å². The number of rotatable bonds is 22. The Morgan fingerprint density at radius 3 is 1.05 bits per heavy atom. The van der Waals surface area contributed by atoms with Crippen molar-refractivity contribution in [2.24, 2.45) is 0 Å². The Morgan fingerprint density at radius 1 is 0.447 bits per heavy atom. The van der Waals surface area contributed by atoms with Crippen LogP contribution in [0.2, 0.25) is 0 Å². The van der Waals surface area contributed by atoms with Crippen LogP contribution in [0.1, 0.15) is 153 Å². The number of unbranched alkanes of at least 4 members (excludes halogenated alkanes) is 18. The van der Waals surface area contributed by atoms with Crippen LogP contribution in [0.3, 0.4) is 0 Å². The quantitative estimate of drug-likeness (QED) is 0.0924. The maximum absolute atomic E-state index is 3.93. The third-order valence-electron chi connectivity index (χ3n) is 8.17. The van der Waals surface area contributed by atoms with Gasteiger partial charge in [0.1, 0.15) is 0 Å². The zero-order valence-corrected chi connectivity index (χ0v) is 29.1. The van der Waals surface area contributed by atoms with Gasteiger partial charge >= 0.3 is 0 Å². The molecule has 0 N–H and O–H groups in total. The van der Waals surface area contributed by atoms with Gasteiger partial charge in [0.05, 0.1) is 7.57 Å². The summed E-state index contributed by atoms with van der Waals surface area (Å²) in [6.45, 7) is 4.60. The van der Waals surface area contributed by atoms with Gasteiger partial charge in [-0.3, -0.25) is 0 Å². The van der Waals surface area contributed by atoms with E-state index in [0.717, 1.165) is 0 Å². The third-order valence-corrected chi connectivity index (χ3v) is 12.1. The summed E-state index contributed by atoms with van der Waals surface area (Å²) >= 11 is 11.7. The van der Waals surface area contributed by atoms with Crippen LogP contribution in [0, 0.1) is 0 Å². The molecule has 0 atom stereocenters. The molecule has 214 valence electrons. The van der Waals surface area contributed by atoms with E-state index < -0.39 is 0 Å². The maximum Gasteiger partial charge on any atom is 0.0743 e. The average molecular weight is 685 g/mol. The molecule has 0 aliphatic carbocycles. The summed E-state index contributed by atoms with van der Waals surface area (Å²) in [5.74, 6) is 0. The lowest BCUT2D eigenvalue weighted by molar-refractivity contribution is 0.556. The second-order valence-electron chi connectivity index (χ2n) is 11.4. The molecular weight excluding hydrogens is 632 g/mol. The fourth-order valence-corrected chi connectivity index (χ4v) is 9.64. The van der Waals surface area contributed by atoms with Gasteiger partial charge in [-0.2, -0.15) is 0 Å². The number of hydrogen-bond donors (Lipinski definition) is 0. The lowest BCUT2D eigenvalue weighted by Gasteiger charge is -2.05. The van der Waals surface area contributed by atoms with Gasteiger partial charge in [-0.05, 0) is 91.6 Å². The van der Waals surface area contributed by atoms with E-state index >= 15 is 0 Å². The third kappa shape index (κ3) is 10.8. The molecule has 0 amide bonds. The summed E-state index contributed by atoms with van der Waals surface area (Å²) in [5.41, 5.74) is 3.10. The molecule has 0 radical (unpaired) electrons. The van der Waals surface area contributed by atoms with Gasteiger partial charge in [0.15, 0.2) is 0 Å². The lowest BCUT2D eigenvalue weighted by atomic mass is 10.0. The number of hydrogen-bond acceptors (Lipinski definition) is 2. The first-order chi connectivity index (χ1) is 18.7. The van der Waals surface area contributed by atoms with E-state index in [4.69, 9.17) is 0 Å². The molecule has 0 fully saturated rings. The smallest absolute Gasteiger partial charge is 0.0743 e. The summed E-state index contributed by atoms with van der Waals surface area (Å²) in [4.78, 5) is 0. The Kier molecular flexibility index (Phi) is 16.5. The molecule has 0 spiro atoms. The normalized spacial score (nSPS) is 11.9. The molecule has 0 saturated carbocycles. The maximum atomic E-state index is 3.93. The second-order valence-corrected chi connectivity index (χ2v) is 16.2. The highest BCUT2D eigenvalue weighted by atomic mass is 79.9. The Morgan fingerprint density at radius 2 is 0.737 bits per heavy atom. The highest BCUT2D eigenvalue weighted by Gasteiger charge is 2.16. The molecule has 4 heteroatoms. The summed E-state index contributed by atoms with van der Waals surface area (Å²) in [5, 5.41) is 2.98. The van der Waals surface area contributed by atoms with E-state index in [-0.39, 0.29) is 0 Å². The second kappa shape index (κ2) is 19.3. The highest BCUT2D eigenvalue weighted by Crippen LogP contribution is 2.43. The van der Waals surface area contributed by atoms with Crippen molar-refractivity contribution < 1.29 is 0 Å². The molecule has 38 heavy (non-hydrogen) atoms. The van der Waals surface area contributed by atoms with Crippen LogP contribution in [0.4, 0.5) is 0 Å². The number of halogens is 2. The van der Waals surface area contributed by atoms with Gasteiger partial charge in [-0.15, -0.1) is 22.7 Å². The van der Waals surface area contributed by atoms with E-state index in [2.05, 4.69) is 57.8 Å². The number of benzene rings is 1. The van der Waals surface area contributed by atoms with Crippen molar-refractivity contribution >= 4 is 74.7 Å². The lowest BCUT2D eigenvalue weighted by Crippen LogP contribution is -1.88. The Hall–Kier alpha value is 0.1000. The van der Waals surface area contributed by atoms with Gasteiger partial charge in [0, 0.05) is 9.40 Å². The van der Waals surface area contributed by atoms with Gasteiger partial charge < -0.3 is 0 Å². The Bertz CT molecular complexity index is 964. The molecule has 0 saturated heterocycles. The molecule has 2 heterocycles. The number of aryl methyl sites for hydroxylation is 2. The number of fused-ring (bicyclic) bond motifs is 2. The number of thiophene rings is 2. The first-order valence-corrected chi connectivity index (χ1v) is 19.2. The van der Waals surface area contributed by atoms with Gasteiger partial charge in [0.2, 0.25) is 0 Å². The fraction of sp³-hybridized carbons (Fsp3) is 0.706. The predicted molar refractivity (Wildman–Crippen MR) is 184 cm³/mol. The SMILES string of the molecule is CCCCCCCCCCCCc1c(Br)sc2cc3c(CCCCCCCCCCCC)c(Br)sc3cc12. The molecule has 3 aromatic rings. The molecule has 0 aliphatic rings. The molecule has 1 aromatic carbocycles. The monoisotopic (exact) mass is 682 g/mol. The average Bonchev–Trinajstić information content (AvgIpc) is 3.38. The molecule has 3 rings (SSSR count). The van der Waals surface area contributed by atoms with Crippen molar-refractivity contribution in [1.29, 1.82) is 0 Å². The Labute approximate surface area is 259 Å². The minimum atomic E-state index is 1.21. The van der Waals surface area contributed by atoms with Crippen molar-refractivity contribution in [1.82, 2.24) is 0 Å². The van der Waals surface area contributed by atoms with Gasteiger partial charge in [-0.1, -0.05) is 129 Å². The van der Waals surface area contributed by atoms with Crippen molar-refractivity contribution in [3.05, 3.63) is 30.8 Å². The minimum Gasteiger partial charge on any atom is -0.128 e. The first-order valence-electron chi connectivity index (χ1n) is 16.0. The van der Waals surface area contributed by atoms with Crippen molar-refractivity contribution in [3.63, 3.8) is 0 Å². The van der Waals surface area contributed by atoms with Gasteiger partial charge in [0.25, 0.3) is 0 Å². The van der Waals surface area contributed by atoms with Crippen molar-refractivity contribution in [3.8, 4) is 0 Å². The van der Waals surface area contributed by atoms with Gasteiger partial charge in [-0.25, -0.2) is 0 Å². The molecule has 0 bridgehead atoms. The van der Waals surface area contributed by atoms with E-state index in [1.165, 1.54) is 169 Å². The summed E-state index contributed by atoms with van der Waals surface area (Å²) in [7, 11) is 0. The molecule has 0 nitrogen and oxygen atoms in total. The van der Waals surface area contributed by atoms with Crippen LogP contribution in [0.25, 0.3) is 20.2 Å². The Balaban J connectivity index is 1.44. The fourth-order valence-electron chi connectivity index (χ4n) is 5.77. The van der Waals surface area contributed by atoms with Crippen LogP contribution in [-0.2, 0) is 12.8 Å². The van der Waals surface area contributed by atoms with E-state index in [1.807, 2.05) is 22.7 Å². The molecular formula is C34H52Br2S2. The van der Waals surface area contributed by atoms with Crippen molar-refractivity contribution in [2.75, 3.05) is 0 Å². The molecule has 0 aliphatic heterocycles. The summed E-state index contributed by atoms with van der Waals surface area (Å²) in [6.07, 6.45) is 30.5. The topological polar surface area (TPSA) is 0 Å². The highest BCUT2D eigenvalue weighted by molar-refractivity contribution is 9.11. The zero-order valence-electron chi connectivity index (χ0n) is 24.3. The summed E-state index contributed by atoms with van der Waals surface area (Å²) in [6, 6.07) is 4.99. The zero-order chi connectivity index (χ0) is 27.0. The largest absolute Gasteiger partial charge is 0.128 e. The minimum absolute atomic E-state index is 1.21. The van der Waals surface area contributed by atoms with E-state index in [1.54, 1.807) is 11.1 Å². The van der Waals surface area contributed by atoms with Crippen LogP contribution in [0.15, 0.2) is 19.7 Å². The standard InChI is InChI=1S/C34H52Br2S2/c1-3-5-7-9-11-13-15-17-19-21-23-27-29-25-32-30(26-31(29)37-33(27)35)28(34(36)38-32)24-22-20-18-16-14-12-10-8-6-4-2/h25-26H,3-24H2,1-2H3. The van der Waals surface area contributed by atoms with Crippen LogP contribution >= 0.6 is 54.5 Å². The predicted octanol–water partition coefficient (Wildman–Crippen LogP) is 14.6. The van der Waals surface area contributed by atoms with E-state index in [0.29, 0.717) is 0 Å². The van der Waals surface area contributed by atoms with Crippen molar-refractivity contribution in [2.45, 2.75) is 155 Å². The molecule has 0 unspecified atom stereocenters. The van der Waals surface area contributed by atoms with Crippen LogP contribution < -0.4 is 0 Å².